The van der Waals surface area contributed by atoms with Gasteiger partial charge in [-0.2, -0.15) is 0 Å². The zero-order valence-electron chi connectivity index (χ0n) is 11.0. The fourth-order valence-corrected chi connectivity index (χ4v) is 1.99. The van der Waals surface area contributed by atoms with E-state index in [1.54, 1.807) is 7.05 Å². The first-order chi connectivity index (χ1) is 9.20. The Bertz CT molecular complexity index is 447. The molecule has 104 valence electrons. The summed E-state index contributed by atoms with van der Waals surface area (Å²) in [6.45, 7) is 1.07. The number of nitrogens with one attached hydrogen (secondary N) is 2. The first-order valence-corrected chi connectivity index (χ1v) is 6.92. The maximum atomic E-state index is 11.1. The first-order valence-electron chi connectivity index (χ1n) is 6.55. The van der Waals surface area contributed by atoms with Crippen molar-refractivity contribution < 1.29 is 9.53 Å². The molecule has 1 aromatic carbocycles. The molecule has 1 fully saturated rings. The Labute approximate surface area is 118 Å². The van der Waals surface area contributed by atoms with Crippen molar-refractivity contribution in [2.45, 2.75) is 31.8 Å². The average Bonchev–Trinajstić information content (AvgIpc) is 3.22. The van der Waals surface area contributed by atoms with Gasteiger partial charge in [0.05, 0.1) is 13.0 Å². The lowest BCUT2D eigenvalue weighted by Gasteiger charge is -2.13. The van der Waals surface area contributed by atoms with E-state index in [0.717, 1.165) is 11.3 Å². The summed E-state index contributed by atoms with van der Waals surface area (Å²) in [7, 11) is 1.62. The first kappa shape index (κ1) is 14.2. The molecule has 2 rings (SSSR count). The molecule has 0 saturated heterocycles. The van der Waals surface area contributed by atoms with Gasteiger partial charge in [0.25, 0.3) is 0 Å². The Kier molecular flexibility index (Phi) is 5.05. The van der Waals surface area contributed by atoms with Crippen LogP contribution in [0.3, 0.4) is 0 Å². The number of hydrogen-bond acceptors (Lipinski definition) is 3. The van der Waals surface area contributed by atoms with E-state index in [1.165, 1.54) is 12.8 Å². The van der Waals surface area contributed by atoms with Crippen molar-refractivity contribution in [3.8, 4) is 5.75 Å². The van der Waals surface area contributed by atoms with E-state index in [2.05, 4.69) is 10.6 Å². The second-order valence-electron chi connectivity index (χ2n) is 4.64. The lowest BCUT2D eigenvalue weighted by Crippen LogP contribution is -2.20. The van der Waals surface area contributed by atoms with Crippen LogP contribution in [-0.4, -0.2) is 25.6 Å². The summed E-state index contributed by atoms with van der Waals surface area (Å²) in [5, 5.41) is 6.69. The summed E-state index contributed by atoms with van der Waals surface area (Å²) in [5.41, 5.74) is 0.966. The number of benzene rings is 1. The van der Waals surface area contributed by atoms with Crippen molar-refractivity contribution in [1.82, 2.24) is 10.6 Å². The predicted octanol–water partition coefficient (Wildman–Crippen LogP) is 2.11. The van der Waals surface area contributed by atoms with E-state index in [-0.39, 0.29) is 5.91 Å². The summed E-state index contributed by atoms with van der Waals surface area (Å²) >= 11 is 6.20. The Morgan fingerprint density at radius 1 is 1.47 bits per heavy atom. The van der Waals surface area contributed by atoms with Gasteiger partial charge in [-0.3, -0.25) is 4.79 Å². The minimum atomic E-state index is -0.0281. The second-order valence-corrected chi connectivity index (χ2v) is 5.05. The van der Waals surface area contributed by atoms with Gasteiger partial charge < -0.3 is 15.4 Å². The van der Waals surface area contributed by atoms with Gasteiger partial charge in [-0.25, -0.2) is 0 Å². The van der Waals surface area contributed by atoms with Crippen LogP contribution in [0, 0.1) is 0 Å². The highest BCUT2D eigenvalue weighted by Gasteiger charge is 2.21. The molecule has 2 N–H and O–H groups in total. The van der Waals surface area contributed by atoms with Gasteiger partial charge in [0.1, 0.15) is 5.75 Å². The molecule has 1 aromatic rings. The van der Waals surface area contributed by atoms with E-state index < -0.39 is 0 Å². The smallest absolute Gasteiger partial charge is 0.223 e. The van der Waals surface area contributed by atoms with Crippen LogP contribution in [-0.2, 0) is 11.3 Å². The predicted molar refractivity (Wildman–Crippen MR) is 75.5 cm³/mol. The maximum Gasteiger partial charge on any atom is 0.223 e. The number of carbonyl (C=O) groups excluding carboxylic acids is 1. The molecule has 0 aliphatic heterocycles. The monoisotopic (exact) mass is 282 g/mol. The Morgan fingerprint density at radius 3 is 2.95 bits per heavy atom. The highest BCUT2D eigenvalue weighted by atomic mass is 35.5. The highest BCUT2D eigenvalue weighted by Crippen LogP contribution is 2.28. The zero-order valence-corrected chi connectivity index (χ0v) is 11.8. The molecule has 1 aliphatic rings. The molecular weight excluding hydrogens is 264 g/mol. The fourth-order valence-electron chi connectivity index (χ4n) is 1.76. The van der Waals surface area contributed by atoms with Crippen molar-refractivity contribution in [3.05, 3.63) is 28.8 Å². The molecule has 0 bridgehead atoms. The molecule has 0 heterocycles. The van der Waals surface area contributed by atoms with Gasteiger partial charge in [0.15, 0.2) is 0 Å². The molecule has 1 saturated carbocycles. The van der Waals surface area contributed by atoms with Crippen LogP contribution in [0.2, 0.25) is 5.02 Å². The van der Waals surface area contributed by atoms with Crippen LogP contribution < -0.4 is 15.4 Å². The third kappa shape index (κ3) is 4.40. The number of hydrogen-bond donors (Lipinski definition) is 2. The molecule has 0 aromatic heterocycles. The molecule has 4 nitrogen and oxygen atoms in total. The van der Waals surface area contributed by atoms with Crippen molar-refractivity contribution in [2.75, 3.05) is 13.7 Å². The average molecular weight is 283 g/mol. The van der Waals surface area contributed by atoms with Crippen LogP contribution in [0.4, 0.5) is 0 Å². The molecule has 0 unspecified atom stereocenters. The molecule has 5 heteroatoms. The molecule has 0 spiro atoms. The quantitative estimate of drug-likeness (QED) is 0.805. The molecule has 19 heavy (non-hydrogen) atoms. The van der Waals surface area contributed by atoms with Crippen LogP contribution in [0.1, 0.15) is 24.8 Å². The second kappa shape index (κ2) is 6.78. The lowest BCUT2D eigenvalue weighted by molar-refractivity contribution is -0.121. The summed E-state index contributed by atoms with van der Waals surface area (Å²) < 4.78 is 5.66. The van der Waals surface area contributed by atoms with Crippen molar-refractivity contribution in [2.24, 2.45) is 0 Å². The van der Waals surface area contributed by atoms with E-state index in [9.17, 15) is 4.79 Å². The van der Waals surface area contributed by atoms with Crippen molar-refractivity contribution >= 4 is 17.5 Å². The molecule has 0 atom stereocenters. The standard InChI is InChI=1S/C14H19ClN2O2/c1-16-14(18)7-8-19-13-4-2-3-12(15)11(13)9-17-10-5-6-10/h2-4,10,17H,5-9H2,1H3,(H,16,18). The molecule has 1 aliphatic carbocycles. The normalized spacial score (nSPS) is 14.2. The summed E-state index contributed by atoms with van der Waals surface area (Å²) in [5.74, 6) is 0.726. The molecular formula is C14H19ClN2O2. The number of rotatable bonds is 7. The van der Waals surface area contributed by atoms with Gasteiger partial charge in [-0.1, -0.05) is 17.7 Å². The van der Waals surface area contributed by atoms with Crippen LogP contribution in [0.5, 0.6) is 5.75 Å². The van der Waals surface area contributed by atoms with Crippen LogP contribution >= 0.6 is 11.6 Å². The van der Waals surface area contributed by atoms with Gasteiger partial charge >= 0.3 is 0 Å². The zero-order chi connectivity index (χ0) is 13.7. The minimum absolute atomic E-state index is 0.0281. The van der Waals surface area contributed by atoms with Gasteiger partial charge in [-0.05, 0) is 25.0 Å². The lowest BCUT2D eigenvalue weighted by atomic mass is 10.2. The van der Waals surface area contributed by atoms with Gasteiger partial charge in [0, 0.05) is 30.2 Å². The summed E-state index contributed by atoms with van der Waals surface area (Å²) in [6.07, 6.45) is 2.81. The number of ether oxygens (including phenoxy) is 1. The fraction of sp³-hybridized carbons (Fsp3) is 0.500. The molecule has 0 radical (unpaired) electrons. The molecule has 1 amide bonds. The topological polar surface area (TPSA) is 50.4 Å². The van der Waals surface area contributed by atoms with Crippen LogP contribution in [0.25, 0.3) is 0 Å². The van der Waals surface area contributed by atoms with E-state index in [0.29, 0.717) is 30.6 Å². The number of carbonyl (C=O) groups is 1. The van der Waals surface area contributed by atoms with Gasteiger partial charge in [-0.15, -0.1) is 0 Å². The van der Waals surface area contributed by atoms with E-state index in [1.807, 2.05) is 18.2 Å². The van der Waals surface area contributed by atoms with Crippen LogP contribution in [0.15, 0.2) is 18.2 Å². The van der Waals surface area contributed by atoms with Crippen molar-refractivity contribution in [3.63, 3.8) is 0 Å². The third-order valence-electron chi connectivity index (χ3n) is 3.09. The third-order valence-corrected chi connectivity index (χ3v) is 3.44. The Hall–Kier alpha value is -1.26. The number of amides is 1. The van der Waals surface area contributed by atoms with Crippen molar-refractivity contribution in [1.29, 1.82) is 0 Å². The Morgan fingerprint density at radius 2 is 2.26 bits per heavy atom. The minimum Gasteiger partial charge on any atom is -0.493 e. The Balaban J connectivity index is 1.93. The van der Waals surface area contributed by atoms with E-state index >= 15 is 0 Å². The maximum absolute atomic E-state index is 11.1. The largest absolute Gasteiger partial charge is 0.493 e. The SMILES string of the molecule is CNC(=O)CCOc1cccc(Cl)c1CNC1CC1. The van der Waals surface area contributed by atoms with E-state index in [4.69, 9.17) is 16.3 Å². The summed E-state index contributed by atoms with van der Waals surface area (Å²) in [6, 6.07) is 6.23. The highest BCUT2D eigenvalue weighted by molar-refractivity contribution is 6.31. The number of halogens is 1. The van der Waals surface area contributed by atoms with Gasteiger partial charge in [0.2, 0.25) is 5.91 Å². The summed E-state index contributed by atoms with van der Waals surface area (Å²) in [4.78, 5) is 11.1.